The maximum Gasteiger partial charge on any atom is 0.407 e. The van der Waals surface area contributed by atoms with Crippen LogP contribution in [0.2, 0.25) is 0 Å². The van der Waals surface area contributed by atoms with Crippen LogP contribution in [0.25, 0.3) is 0 Å². The van der Waals surface area contributed by atoms with Gasteiger partial charge in [0.05, 0.1) is 13.2 Å². The number of carbonyl (C=O) groups is 1. The zero-order chi connectivity index (χ0) is 8.43. The fourth-order valence-electron chi connectivity index (χ4n) is 1.16. The molecule has 1 aliphatic rings. The molecule has 1 rings (SSSR count). The number of carboxylic acid groups (broad SMARTS) is 1. The third-order valence-electron chi connectivity index (χ3n) is 1.87. The van der Waals surface area contributed by atoms with E-state index in [4.69, 9.17) is 10.2 Å². The SMILES string of the molecule is O=C(O)N1CC(F)C(CO)C1. The number of nitrogens with zero attached hydrogens (tertiary/aromatic N) is 1. The molecule has 2 atom stereocenters. The van der Waals surface area contributed by atoms with E-state index in [1.54, 1.807) is 0 Å². The standard InChI is InChI=1S/C6H10FNO3/c7-5-2-8(6(10)11)1-4(5)3-9/h4-5,9H,1-3H2,(H,10,11). The average molecular weight is 163 g/mol. The number of hydrogen-bond donors (Lipinski definition) is 2. The van der Waals surface area contributed by atoms with Crippen molar-refractivity contribution in [3.05, 3.63) is 0 Å². The molecule has 2 unspecified atom stereocenters. The quantitative estimate of drug-likeness (QED) is 0.568. The Kier molecular flexibility index (Phi) is 2.28. The normalized spacial score (nSPS) is 30.9. The van der Waals surface area contributed by atoms with Gasteiger partial charge in [-0.25, -0.2) is 9.18 Å². The Morgan fingerprint density at radius 3 is 2.55 bits per heavy atom. The molecule has 0 aromatic heterocycles. The van der Waals surface area contributed by atoms with Crippen molar-refractivity contribution < 1.29 is 19.4 Å². The lowest BCUT2D eigenvalue weighted by Gasteiger charge is -2.09. The van der Waals surface area contributed by atoms with Crippen LogP contribution < -0.4 is 0 Å². The molecule has 0 radical (unpaired) electrons. The molecule has 1 aliphatic heterocycles. The van der Waals surface area contributed by atoms with Crippen LogP contribution in [-0.4, -0.2) is 47.1 Å². The summed E-state index contributed by atoms with van der Waals surface area (Å²) in [5, 5.41) is 17.0. The molecule has 4 nitrogen and oxygen atoms in total. The molecule has 1 heterocycles. The number of likely N-dealkylation sites (tertiary alicyclic amines) is 1. The number of halogens is 1. The fourth-order valence-corrected chi connectivity index (χ4v) is 1.16. The van der Waals surface area contributed by atoms with E-state index in [1.807, 2.05) is 0 Å². The van der Waals surface area contributed by atoms with Crippen molar-refractivity contribution in [2.75, 3.05) is 19.7 Å². The Hall–Kier alpha value is -0.840. The van der Waals surface area contributed by atoms with Crippen LogP contribution in [-0.2, 0) is 0 Å². The molecule has 5 heteroatoms. The minimum Gasteiger partial charge on any atom is -0.465 e. The maximum atomic E-state index is 12.7. The van der Waals surface area contributed by atoms with Gasteiger partial charge in [-0.2, -0.15) is 0 Å². The maximum absolute atomic E-state index is 12.7. The van der Waals surface area contributed by atoms with Crippen molar-refractivity contribution in [3.63, 3.8) is 0 Å². The highest BCUT2D eigenvalue weighted by molar-refractivity contribution is 5.65. The molecule has 1 amide bonds. The van der Waals surface area contributed by atoms with Gasteiger partial charge in [-0.15, -0.1) is 0 Å². The number of aliphatic hydroxyl groups is 1. The van der Waals surface area contributed by atoms with E-state index >= 15 is 0 Å². The first-order chi connectivity index (χ1) is 5.15. The Morgan fingerprint density at radius 2 is 2.27 bits per heavy atom. The Bertz CT molecular complexity index is 164. The number of hydrogen-bond acceptors (Lipinski definition) is 2. The van der Waals surface area contributed by atoms with Gasteiger partial charge in [-0.3, -0.25) is 0 Å². The first kappa shape index (κ1) is 8.26. The van der Waals surface area contributed by atoms with Gasteiger partial charge in [0.15, 0.2) is 0 Å². The Morgan fingerprint density at radius 1 is 1.64 bits per heavy atom. The van der Waals surface area contributed by atoms with Gasteiger partial charge in [-0.1, -0.05) is 0 Å². The van der Waals surface area contributed by atoms with Gasteiger partial charge in [0.2, 0.25) is 0 Å². The van der Waals surface area contributed by atoms with E-state index < -0.39 is 18.2 Å². The second-order valence-corrected chi connectivity index (χ2v) is 2.65. The molecule has 0 aromatic rings. The molecular formula is C6H10FNO3. The van der Waals surface area contributed by atoms with E-state index in [9.17, 15) is 9.18 Å². The summed E-state index contributed by atoms with van der Waals surface area (Å²) in [5.74, 6) is -0.536. The summed E-state index contributed by atoms with van der Waals surface area (Å²) in [7, 11) is 0. The zero-order valence-electron chi connectivity index (χ0n) is 5.90. The van der Waals surface area contributed by atoms with Crippen LogP contribution in [0.1, 0.15) is 0 Å². The smallest absolute Gasteiger partial charge is 0.407 e. The number of alkyl halides is 1. The number of rotatable bonds is 1. The van der Waals surface area contributed by atoms with Crippen LogP contribution in [0, 0.1) is 5.92 Å². The monoisotopic (exact) mass is 163 g/mol. The summed E-state index contributed by atoms with van der Waals surface area (Å²) in [6.07, 6.45) is -2.33. The topological polar surface area (TPSA) is 60.8 Å². The fraction of sp³-hybridized carbons (Fsp3) is 0.833. The van der Waals surface area contributed by atoms with Gasteiger partial charge in [-0.05, 0) is 0 Å². The lowest BCUT2D eigenvalue weighted by Crippen LogP contribution is -2.27. The molecule has 0 aromatic carbocycles. The lowest BCUT2D eigenvalue weighted by molar-refractivity contribution is 0.150. The molecule has 0 aliphatic carbocycles. The second-order valence-electron chi connectivity index (χ2n) is 2.65. The van der Waals surface area contributed by atoms with E-state index in [-0.39, 0.29) is 19.7 Å². The van der Waals surface area contributed by atoms with Crippen molar-refractivity contribution in [3.8, 4) is 0 Å². The predicted octanol–water partition coefficient (Wildman–Crippen LogP) is -0.0734. The van der Waals surface area contributed by atoms with Crippen LogP contribution in [0.15, 0.2) is 0 Å². The summed E-state index contributed by atoms with van der Waals surface area (Å²) in [5.41, 5.74) is 0. The highest BCUT2D eigenvalue weighted by Gasteiger charge is 2.34. The summed E-state index contributed by atoms with van der Waals surface area (Å²) >= 11 is 0. The molecule has 64 valence electrons. The summed E-state index contributed by atoms with van der Waals surface area (Å²) in [4.78, 5) is 11.3. The average Bonchev–Trinajstić information content (AvgIpc) is 2.31. The molecule has 0 bridgehead atoms. The first-order valence-corrected chi connectivity index (χ1v) is 3.38. The van der Waals surface area contributed by atoms with E-state index in [0.29, 0.717) is 0 Å². The number of amides is 1. The predicted molar refractivity (Wildman–Crippen MR) is 35.1 cm³/mol. The third-order valence-corrected chi connectivity index (χ3v) is 1.87. The van der Waals surface area contributed by atoms with Crippen molar-refractivity contribution in [1.82, 2.24) is 4.90 Å². The van der Waals surface area contributed by atoms with Gasteiger partial charge < -0.3 is 15.1 Å². The van der Waals surface area contributed by atoms with Crippen LogP contribution in [0.4, 0.5) is 9.18 Å². The molecule has 0 saturated carbocycles. The molecule has 2 N–H and O–H groups in total. The zero-order valence-corrected chi connectivity index (χ0v) is 5.90. The van der Waals surface area contributed by atoms with Crippen molar-refractivity contribution in [2.24, 2.45) is 5.92 Å². The van der Waals surface area contributed by atoms with Crippen LogP contribution in [0.5, 0.6) is 0 Å². The minimum atomic E-state index is -1.21. The highest BCUT2D eigenvalue weighted by Crippen LogP contribution is 2.18. The van der Waals surface area contributed by atoms with Crippen LogP contribution in [0.3, 0.4) is 0 Å². The molecule has 1 saturated heterocycles. The minimum absolute atomic E-state index is 0.104. The van der Waals surface area contributed by atoms with Crippen molar-refractivity contribution in [2.45, 2.75) is 6.17 Å². The van der Waals surface area contributed by atoms with E-state index in [1.165, 1.54) is 0 Å². The Balaban J connectivity index is 2.49. The lowest BCUT2D eigenvalue weighted by atomic mass is 10.1. The molecular weight excluding hydrogens is 153 g/mol. The van der Waals surface area contributed by atoms with Crippen molar-refractivity contribution in [1.29, 1.82) is 0 Å². The van der Waals surface area contributed by atoms with Gasteiger partial charge in [0, 0.05) is 12.5 Å². The third kappa shape index (κ3) is 1.59. The highest BCUT2D eigenvalue weighted by atomic mass is 19.1. The molecule has 1 fully saturated rings. The van der Waals surface area contributed by atoms with Gasteiger partial charge >= 0.3 is 6.09 Å². The van der Waals surface area contributed by atoms with Gasteiger partial charge in [0.1, 0.15) is 6.17 Å². The number of aliphatic hydroxyl groups excluding tert-OH is 1. The van der Waals surface area contributed by atoms with E-state index in [2.05, 4.69) is 0 Å². The largest absolute Gasteiger partial charge is 0.465 e. The second kappa shape index (κ2) is 3.04. The summed E-state index contributed by atoms with van der Waals surface area (Å²) < 4.78 is 12.7. The molecule has 0 spiro atoms. The summed E-state index contributed by atoms with van der Waals surface area (Å²) in [6, 6.07) is 0. The van der Waals surface area contributed by atoms with Gasteiger partial charge in [0.25, 0.3) is 0 Å². The summed E-state index contributed by atoms with van der Waals surface area (Å²) in [6.45, 7) is -0.293. The Labute approximate surface area is 63.2 Å². The van der Waals surface area contributed by atoms with Crippen molar-refractivity contribution >= 4 is 6.09 Å². The van der Waals surface area contributed by atoms with E-state index in [0.717, 1.165) is 4.90 Å². The van der Waals surface area contributed by atoms with Crippen LogP contribution >= 0.6 is 0 Å². The first-order valence-electron chi connectivity index (χ1n) is 3.38. The molecule has 11 heavy (non-hydrogen) atoms.